The number of hydrogen-bond donors (Lipinski definition) is 0. The Bertz CT molecular complexity index is 3750. The molecule has 0 amide bonds. The second-order valence-electron chi connectivity index (χ2n) is 22.8. The van der Waals surface area contributed by atoms with E-state index in [-0.39, 0.29) is 20.1 Å². The zero-order valence-corrected chi connectivity index (χ0v) is 46.5. The lowest BCUT2D eigenvalue weighted by molar-refractivity contribution is 1.24. The summed E-state index contributed by atoms with van der Waals surface area (Å²) in [5.74, 6) is 0. The summed E-state index contributed by atoms with van der Waals surface area (Å²) in [4.78, 5) is 7.71. The molecule has 10 aromatic carbocycles. The van der Waals surface area contributed by atoms with Crippen LogP contribution in [-0.2, 0) is 0 Å². The van der Waals surface area contributed by atoms with E-state index in [4.69, 9.17) is 0 Å². The van der Waals surface area contributed by atoms with Crippen molar-refractivity contribution in [2.75, 3.05) is 14.7 Å². The number of benzene rings is 10. The highest BCUT2D eigenvalue weighted by Gasteiger charge is 2.46. The van der Waals surface area contributed by atoms with E-state index < -0.39 is 0 Å². The molecule has 0 N–H and O–H groups in total. The van der Waals surface area contributed by atoms with Crippen LogP contribution in [0.15, 0.2) is 188 Å². The molecular weight excluding hydrogens is 927 g/mol. The van der Waals surface area contributed by atoms with Gasteiger partial charge in [0.25, 0.3) is 0 Å². The van der Waals surface area contributed by atoms with Crippen molar-refractivity contribution in [3.8, 4) is 0 Å². The van der Waals surface area contributed by atoms with Crippen molar-refractivity contribution in [3.05, 3.63) is 249 Å². The predicted molar refractivity (Wildman–Crippen MR) is 336 cm³/mol. The average molecular weight is 992 g/mol. The highest BCUT2D eigenvalue weighted by atomic mass is 15.2. The van der Waals surface area contributed by atoms with Crippen molar-refractivity contribution >= 4 is 120 Å². The minimum absolute atomic E-state index is 0.0160. The number of rotatable bonds is 6. The van der Waals surface area contributed by atoms with Gasteiger partial charge in [0.05, 0.1) is 0 Å². The highest BCUT2D eigenvalue weighted by molar-refractivity contribution is 7.02. The highest BCUT2D eigenvalue weighted by Crippen LogP contribution is 2.45. The summed E-state index contributed by atoms with van der Waals surface area (Å²) in [5, 5.41) is 0. The third-order valence-electron chi connectivity index (χ3n) is 17.2. The standard InChI is InChI=1S/C71H64B3N3/c1-43-27-29-63-57(37-43)72(69-48(6)31-45(3)32-49(69)7)59-39-61-67(41-65(59)75(63)54-21-15-12-16-22-54)77(56-25-19-14-20-26-56)68-42-66-60(40-62(68)74(61)71-52(10)35-47(5)36-53(71)11)73(70-50(8)33-46(4)34-51(70)9)58-38-44(2)28-30-64(58)76(66)55-23-17-13-18-24-55/h12-42H,1-11H3. The Morgan fingerprint density at radius 2 is 0.468 bits per heavy atom. The molecule has 0 bridgehead atoms. The third-order valence-corrected chi connectivity index (χ3v) is 17.2. The second kappa shape index (κ2) is 18.5. The van der Waals surface area contributed by atoms with Crippen LogP contribution in [-0.4, -0.2) is 20.1 Å². The van der Waals surface area contributed by atoms with Crippen molar-refractivity contribution in [3.63, 3.8) is 0 Å². The molecule has 13 rings (SSSR count). The molecule has 3 aliphatic rings. The van der Waals surface area contributed by atoms with Crippen LogP contribution in [0.4, 0.5) is 51.2 Å². The van der Waals surface area contributed by atoms with Crippen molar-refractivity contribution in [2.45, 2.75) is 76.2 Å². The zero-order valence-electron chi connectivity index (χ0n) is 46.5. The van der Waals surface area contributed by atoms with Crippen molar-refractivity contribution in [2.24, 2.45) is 0 Å². The largest absolute Gasteiger partial charge is 0.311 e. The van der Waals surface area contributed by atoms with Crippen LogP contribution in [0.1, 0.15) is 61.2 Å². The average Bonchev–Trinajstić information content (AvgIpc) is 3.59. The van der Waals surface area contributed by atoms with E-state index in [2.05, 4.69) is 279 Å². The quantitative estimate of drug-likeness (QED) is 0.154. The molecule has 6 heteroatoms. The molecule has 0 saturated carbocycles. The molecule has 3 aliphatic heterocycles. The predicted octanol–water partition coefficient (Wildman–Crippen LogP) is 12.0. The smallest absolute Gasteiger partial charge is 0.247 e. The van der Waals surface area contributed by atoms with Gasteiger partial charge in [0.1, 0.15) is 0 Å². The molecule has 0 radical (unpaired) electrons. The first kappa shape index (κ1) is 48.4. The van der Waals surface area contributed by atoms with Crippen molar-refractivity contribution in [1.29, 1.82) is 0 Å². The molecular formula is C71H64B3N3. The lowest BCUT2D eigenvalue weighted by Crippen LogP contribution is -2.65. The molecule has 3 heterocycles. The monoisotopic (exact) mass is 992 g/mol. The molecule has 0 spiro atoms. The van der Waals surface area contributed by atoms with Crippen LogP contribution >= 0.6 is 0 Å². The first-order valence-corrected chi connectivity index (χ1v) is 27.6. The molecule has 372 valence electrons. The fraction of sp³-hybridized carbons (Fsp3) is 0.155. The zero-order chi connectivity index (χ0) is 53.1. The van der Waals surface area contributed by atoms with Crippen molar-refractivity contribution < 1.29 is 0 Å². The Hall–Kier alpha value is -8.21. The van der Waals surface area contributed by atoms with Crippen LogP contribution in [0.5, 0.6) is 0 Å². The van der Waals surface area contributed by atoms with Crippen LogP contribution < -0.4 is 63.9 Å². The Morgan fingerprint density at radius 3 is 0.740 bits per heavy atom. The first-order valence-electron chi connectivity index (χ1n) is 27.6. The lowest BCUT2D eigenvalue weighted by Gasteiger charge is -2.44. The summed E-state index contributed by atoms with van der Waals surface area (Å²) in [7, 11) is 0. The summed E-state index contributed by atoms with van der Waals surface area (Å²) < 4.78 is 0. The maximum absolute atomic E-state index is 2.66. The Balaban J connectivity index is 1.20. The molecule has 0 aromatic heterocycles. The second-order valence-corrected chi connectivity index (χ2v) is 22.8. The van der Waals surface area contributed by atoms with Gasteiger partial charge >= 0.3 is 0 Å². The Morgan fingerprint density at radius 1 is 0.221 bits per heavy atom. The maximum atomic E-state index is 2.66. The number of aryl methyl sites for hydroxylation is 11. The third kappa shape index (κ3) is 7.81. The molecule has 3 nitrogen and oxygen atoms in total. The van der Waals surface area contributed by atoms with Crippen molar-refractivity contribution in [1.82, 2.24) is 0 Å². The van der Waals surface area contributed by atoms with E-state index in [1.54, 1.807) is 0 Å². The summed E-state index contributed by atoms with van der Waals surface area (Å²) in [6.45, 7) is 25.1. The number of hydrogen-bond acceptors (Lipinski definition) is 3. The minimum atomic E-state index is -0.106. The van der Waals surface area contributed by atoms with Gasteiger partial charge in [-0.25, -0.2) is 0 Å². The molecule has 10 aromatic rings. The van der Waals surface area contributed by atoms with E-state index >= 15 is 0 Å². The number of anilines is 9. The van der Waals surface area contributed by atoms with E-state index in [1.807, 2.05) is 0 Å². The van der Waals surface area contributed by atoms with Gasteiger partial charge < -0.3 is 14.7 Å². The number of para-hydroxylation sites is 3. The summed E-state index contributed by atoms with van der Waals surface area (Å²) >= 11 is 0. The molecule has 0 fully saturated rings. The summed E-state index contributed by atoms with van der Waals surface area (Å²) in [6, 6.07) is 72.4. The van der Waals surface area contributed by atoms with E-state index in [0.29, 0.717) is 0 Å². The fourth-order valence-corrected chi connectivity index (χ4v) is 14.5. The molecule has 0 atom stereocenters. The first-order chi connectivity index (χ1) is 37.2. The summed E-state index contributed by atoms with van der Waals surface area (Å²) in [6.07, 6.45) is 0. The van der Waals surface area contributed by atoms with Gasteiger partial charge in [-0.15, -0.1) is 0 Å². The molecule has 0 unspecified atom stereocenters. The van der Waals surface area contributed by atoms with Gasteiger partial charge in [0.2, 0.25) is 20.1 Å². The normalized spacial score (nSPS) is 13.2. The van der Waals surface area contributed by atoms with Gasteiger partial charge in [-0.05, 0) is 170 Å². The van der Waals surface area contributed by atoms with Gasteiger partial charge in [-0.3, -0.25) is 0 Å². The van der Waals surface area contributed by atoms with Crippen LogP contribution in [0.3, 0.4) is 0 Å². The van der Waals surface area contributed by atoms with E-state index in [1.165, 1.54) is 144 Å². The number of nitrogens with zero attached hydrogens (tertiary/aromatic N) is 3. The van der Waals surface area contributed by atoms with Gasteiger partial charge in [0, 0.05) is 51.2 Å². The Kier molecular flexibility index (Phi) is 11.7. The topological polar surface area (TPSA) is 9.72 Å². The lowest BCUT2D eigenvalue weighted by atomic mass is 9.29. The molecule has 0 aliphatic carbocycles. The van der Waals surface area contributed by atoms with Gasteiger partial charge in [-0.1, -0.05) is 205 Å². The van der Waals surface area contributed by atoms with E-state index in [0.717, 1.165) is 17.1 Å². The SMILES string of the molecule is Cc1cc(C)c(B2c3cc(C)ccc3N(c3ccccc3)c3cc4c(cc32)B(c2c(C)cc(C)cc2C)c2cc3c(cc2N4c2ccccc2)N(c2ccccc2)c2ccc(C)cc2B3c2c(C)cc(C)cc2C)c(C)c1. The molecule has 77 heavy (non-hydrogen) atoms. The van der Waals surface area contributed by atoms with Crippen LogP contribution in [0.25, 0.3) is 0 Å². The molecule has 0 saturated heterocycles. The fourth-order valence-electron chi connectivity index (χ4n) is 14.5. The van der Waals surface area contributed by atoms with Crippen LogP contribution in [0, 0.1) is 76.2 Å². The number of fused-ring (bicyclic) bond motifs is 6. The Labute approximate surface area is 458 Å². The minimum Gasteiger partial charge on any atom is -0.311 e. The summed E-state index contributed by atoms with van der Waals surface area (Å²) in [5.41, 5.74) is 37.1. The van der Waals surface area contributed by atoms with Gasteiger partial charge in [-0.2, -0.15) is 0 Å². The van der Waals surface area contributed by atoms with Gasteiger partial charge in [0.15, 0.2) is 0 Å². The van der Waals surface area contributed by atoms with Crippen LogP contribution in [0.2, 0.25) is 0 Å². The maximum Gasteiger partial charge on any atom is 0.247 e. The van der Waals surface area contributed by atoms with E-state index in [9.17, 15) is 0 Å².